The fourth-order valence-electron chi connectivity index (χ4n) is 4.35. The lowest BCUT2D eigenvalue weighted by Crippen LogP contribution is -2.07. The highest BCUT2D eigenvalue weighted by atomic mass is 32.1. The van der Waals surface area contributed by atoms with Crippen LogP contribution in [-0.4, -0.2) is 41.6 Å². The van der Waals surface area contributed by atoms with Gasteiger partial charge in [-0.15, -0.1) is 11.3 Å². The SMILES string of the molecule is COc1ncnc(C2CC2)c1-c1nc(OC(C)c2ccc(-c3nc(C(F)(F)F)cn3C)cc2)c2ncsc2n1. The molecule has 4 aromatic heterocycles. The van der Waals surface area contributed by atoms with Crippen molar-refractivity contribution in [2.75, 3.05) is 7.11 Å². The number of thiazole rings is 1. The second-order valence-electron chi connectivity index (χ2n) is 9.22. The van der Waals surface area contributed by atoms with E-state index in [1.165, 1.54) is 29.3 Å². The number of fused-ring (bicyclic) bond motifs is 1. The molecule has 1 fully saturated rings. The zero-order valence-electron chi connectivity index (χ0n) is 21.1. The highest BCUT2D eigenvalue weighted by Crippen LogP contribution is 2.45. The first kappa shape index (κ1) is 25.2. The molecule has 200 valence electrons. The summed E-state index contributed by atoms with van der Waals surface area (Å²) >= 11 is 1.37. The Kier molecular flexibility index (Phi) is 6.17. The topological polar surface area (TPSA) is 101 Å². The number of rotatable bonds is 7. The summed E-state index contributed by atoms with van der Waals surface area (Å²) in [5, 5.41) is 0. The molecule has 1 unspecified atom stereocenters. The standard InChI is InChI=1S/C26H22F3N7O2S/c1-13(14-4-8-16(9-5-14)22-33-17(10-36(22)2)26(27,28)29)38-24-20-25(39-12-32-20)35-21(34-24)18-19(15-6-7-15)30-11-31-23(18)37-3/h4-5,8-13,15H,6-7H2,1-3H3. The number of hydrogen-bond donors (Lipinski definition) is 0. The Labute approximate surface area is 224 Å². The molecule has 39 heavy (non-hydrogen) atoms. The highest BCUT2D eigenvalue weighted by molar-refractivity contribution is 7.16. The molecule has 0 bridgehead atoms. The van der Waals surface area contributed by atoms with E-state index in [0.29, 0.717) is 45.0 Å². The van der Waals surface area contributed by atoms with E-state index in [4.69, 9.17) is 19.4 Å². The molecule has 0 saturated heterocycles. The molecule has 1 aliphatic carbocycles. The lowest BCUT2D eigenvalue weighted by molar-refractivity contribution is -0.140. The molecule has 1 aliphatic rings. The lowest BCUT2D eigenvalue weighted by atomic mass is 10.1. The maximum Gasteiger partial charge on any atom is 0.434 e. The summed E-state index contributed by atoms with van der Waals surface area (Å²) in [6.07, 6.45) is -0.438. The van der Waals surface area contributed by atoms with Gasteiger partial charge in [-0.25, -0.2) is 24.9 Å². The van der Waals surface area contributed by atoms with Gasteiger partial charge in [-0.2, -0.15) is 18.2 Å². The first-order valence-corrected chi connectivity index (χ1v) is 13.0. The van der Waals surface area contributed by atoms with Gasteiger partial charge in [0.25, 0.3) is 0 Å². The first-order valence-electron chi connectivity index (χ1n) is 12.1. The van der Waals surface area contributed by atoms with Crippen LogP contribution in [0.2, 0.25) is 0 Å². The van der Waals surface area contributed by atoms with Crippen molar-refractivity contribution in [1.82, 2.24) is 34.5 Å². The summed E-state index contributed by atoms with van der Waals surface area (Å²) in [6, 6.07) is 7.02. The smallest absolute Gasteiger partial charge is 0.434 e. The Morgan fingerprint density at radius 2 is 1.79 bits per heavy atom. The summed E-state index contributed by atoms with van der Waals surface area (Å²) in [5.41, 5.74) is 4.13. The molecule has 1 atom stereocenters. The summed E-state index contributed by atoms with van der Waals surface area (Å²) in [6.45, 7) is 1.86. The van der Waals surface area contributed by atoms with Gasteiger partial charge < -0.3 is 14.0 Å². The molecule has 9 nitrogen and oxygen atoms in total. The van der Waals surface area contributed by atoms with E-state index < -0.39 is 18.0 Å². The molecular formula is C26H22F3N7O2S. The van der Waals surface area contributed by atoms with Crippen molar-refractivity contribution in [3.05, 3.63) is 59.3 Å². The molecule has 1 saturated carbocycles. The molecule has 0 amide bonds. The number of imidazole rings is 1. The second kappa shape index (κ2) is 9.56. The van der Waals surface area contributed by atoms with Crippen LogP contribution >= 0.6 is 11.3 Å². The number of aryl methyl sites for hydroxylation is 1. The number of hydrogen-bond acceptors (Lipinski definition) is 9. The molecule has 4 heterocycles. The maximum atomic E-state index is 13.1. The third-order valence-corrected chi connectivity index (χ3v) is 7.20. The number of aromatic nitrogens is 7. The van der Waals surface area contributed by atoms with Gasteiger partial charge in [0.15, 0.2) is 21.9 Å². The van der Waals surface area contributed by atoms with Crippen LogP contribution in [0.5, 0.6) is 11.8 Å². The van der Waals surface area contributed by atoms with Crippen LogP contribution in [0.3, 0.4) is 0 Å². The third-order valence-electron chi connectivity index (χ3n) is 6.48. The third kappa shape index (κ3) is 4.78. The van der Waals surface area contributed by atoms with Crippen molar-refractivity contribution in [3.63, 3.8) is 0 Å². The molecule has 0 spiro atoms. The molecular weight excluding hydrogens is 531 g/mol. The Bertz CT molecular complexity index is 1660. The monoisotopic (exact) mass is 553 g/mol. The number of ether oxygens (including phenoxy) is 2. The van der Waals surface area contributed by atoms with Gasteiger partial charge in [0, 0.05) is 24.7 Å². The highest BCUT2D eigenvalue weighted by Gasteiger charge is 2.35. The van der Waals surface area contributed by atoms with Gasteiger partial charge in [-0.3, -0.25) is 0 Å². The van der Waals surface area contributed by atoms with Crippen molar-refractivity contribution in [2.24, 2.45) is 7.05 Å². The van der Waals surface area contributed by atoms with Crippen LogP contribution in [0.15, 0.2) is 42.3 Å². The summed E-state index contributed by atoms with van der Waals surface area (Å²) in [7, 11) is 3.08. The number of nitrogens with zero attached hydrogens (tertiary/aromatic N) is 7. The number of alkyl halides is 3. The minimum atomic E-state index is -4.51. The van der Waals surface area contributed by atoms with Crippen LogP contribution in [0.4, 0.5) is 13.2 Å². The van der Waals surface area contributed by atoms with Gasteiger partial charge in [-0.1, -0.05) is 24.3 Å². The molecule has 1 aromatic carbocycles. The molecule has 13 heteroatoms. The molecule has 0 radical (unpaired) electrons. The number of methoxy groups -OCH3 is 1. The van der Waals surface area contributed by atoms with Crippen LogP contribution in [-0.2, 0) is 13.2 Å². The van der Waals surface area contributed by atoms with Crippen LogP contribution in [0.25, 0.3) is 33.1 Å². The largest absolute Gasteiger partial charge is 0.480 e. The van der Waals surface area contributed by atoms with Crippen molar-refractivity contribution >= 4 is 21.7 Å². The van der Waals surface area contributed by atoms with Gasteiger partial charge in [0.1, 0.15) is 23.8 Å². The average Bonchev–Trinajstić information content (AvgIpc) is 3.52. The second-order valence-corrected chi connectivity index (χ2v) is 10.0. The minimum absolute atomic E-state index is 0.220. The predicted molar refractivity (Wildman–Crippen MR) is 137 cm³/mol. The summed E-state index contributed by atoms with van der Waals surface area (Å²) in [5.74, 6) is 1.63. The normalized spacial score (nSPS) is 14.5. The van der Waals surface area contributed by atoms with E-state index in [2.05, 4.69) is 19.9 Å². The van der Waals surface area contributed by atoms with E-state index >= 15 is 0 Å². The van der Waals surface area contributed by atoms with Crippen LogP contribution in [0, 0.1) is 0 Å². The van der Waals surface area contributed by atoms with Crippen LogP contribution in [0.1, 0.15) is 48.7 Å². The first-order chi connectivity index (χ1) is 18.7. The quantitative estimate of drug-likeness (QED) is 0.242. The lowest BCUT2D eigenvalue weighted by Gasteiger charge is -2.16. The maximum absolute atomic E-state index is 13.1. The fraction of sp³-hybridized carbons (Fsp3) is 0.308. The van der Waals surface area contributed by atoms with Crippen molar-refractivity contribution < 1.29 is 22.6 Å². The Balaban J connectivity index is 1.32. The predicted octanol–water partition coefficient (Wildman–Crippen LogP) is 5.99. The van der Waals surface area contributed by atoms with Crippen molar-refractivity contribution in [1.29, 1.82) is 0 Å². The van der Waals surface area contributed by atoms with Crippen molar-refractivity contribution in [2.45, 2.75) is 38.0 Å². The average molecular weight is 554 g/mol. The minimum Gasteiger partial charge on any atom is -0.480 e. The number of halogens is 3. The van der Waals surface area contributed by atoms with Gasteiger partial charge in [0.2, 0.25) is 11.8 Å². The Morgan fingerprint density at radius 3 is 2.46 bits per heavy atom. The molecule has 0 aliphatic heterocycles. The van der Waals surface area contributed by atoms with Gasteiger partial charge in [0.05, 0.1) is 18.3 Å². The van der Waals surface area contributed by atoms with E-state index in [9.17, 15) is 13.2 Å². The van der Waals surface area contributed by atoms with E-state index in [1.54, 1.807) is 36.9 Å². The molecule has 0 N–H and O–H groups in total. The zero-order valence-corrected chi connectivity index (χ0v) is 21.9. The van der Waals surface area contributed by atoms with E-state index in [0.717, 1.165) is 30.3 Å². The van der Waals surface area contributed by atoms with Crippen molar-refractivity contribution in [3.8, 4) is 34.5 Å². The van der Waals surface area contributed by atoms with E-state index in [1.807, 2.05) is 6.92 Å². The zero-order chi connectivity index (χ0) is 27.3. The van der Waals surface area contributed by atoms with Crippen LogP contribution < -0.4 is 9.47 Å². The molecule has 6 rings (SSSR count). The Hall–Kier alpha value is -4.13. The van der Waals surface area contributed by atoms with Gasteiger partial charge in [-0.05, 0) is 25.3 Å². The Morgan fingerprint density at radius 1 is 1.03 bits per heavy atom. The van der Waals surface area contributed by atoms with E-state index in [-0.39, 0.29) is 5.82 Å². The number of benzene rings is 1. The van der Waals surface area contributed by atoms with Gasteiger partial charge >= 0.3 is 6.18 Å². The molecule has 5 aromatic rings. The summed E-state index contributed by atoms with van der Waals surface area (Å²) in [4.78, 5) is 27.0. The summed E-state index contributed by atoms with van der Waals surface area (Å²) < 4.78 is 52.4. The fourth-order valence-corrected chi connectivity index (χ4v) is 5.00.